The van der Waals surface area contributed by atoms with Gasteiger partial charge >= 0.3 is 0 Å². The molecule has 0 amide bonds. The molecule has 0 unspecified atom stereocenters. The van der Waals surface area contributed by atoms with Gasteiger partial charge < -0.3 is 0 Å². The maximum absolute atomic E-state index is 2.38. The van der Waals surface area contributed by atoms with E-state index in [2.05, 4.69) is 62.4 Å². The van der Waals surface area contributed by atoms with Gasteiger partial charge in [-0.05, 0) is 74.2 Å². The average Bonchev–Trinajstić information content (AvgIpc) is 3.75. The van der Waals surface area contributed by atoms with Gasteiger partial charge in [-0.25, -0.2) is 0 Å². The lowest BCUT2D eigenvalue weighted by atomic mass is 10.1. The highest BCUT2D eigenvalue weighted by Crippen LogP contribution is 2.40. The van der Waals surface area contributed by atoms with Crippen molar-refractivity contribution in [3.05, 3.63) is 68.0 Å². The Morgan fingerprint density at radius 3 is 1.33 bits per heavy atom. The Bertz CT molecular complexity index is 1190. The topological polar surface area (TPSA) is 0 Å². The van der Waals surface area contributed by atoms with Gasteiger partial charge in [0.05, 0.1) is 0 Å². The Hall–Kier alpha value is -1.20. The molecular formula is C35H48S4. The van der Waals surface area contributed by atoms with Crippen LogP contribution < -0.4 is 0 Å². The van der Waals surface area contributed by atoms with E-state index < -0.39 is 0 Å². The molecule has 4 heterocycles. The fraction of sp³-hybridized carbons (Fsp3) is 0.543. The van der Waals surface area contributed by atoms with Crippen molar-refractivity contribution in [1.82, 2.24) is 0 Å². The third-order valence-electron chi connectivity index (χ3n) is 7.53. The molecule has 0 aliphatic heterocycles. The van der Waals surface area contributed by atoms with Crippen LogP contribution >= 0.6 is 45.3 Å². The summed E-state index contributed by atoms with van der Waals surface area (Å²) < 4.78 is 0. The average molecular weight is 597 g/mol. The van der Waals surface area contributed by atoms with Crippen molar-refractivity contribution in [2.24, 2.45) is 0 Å². The third kappa shape index (κ3) is 10.6. The fourth-order valence-corrected chi connectivity index (χ4v) is 9.63. The minimum atomic E-state index is 1.08. The van der Waals surface area contributed by atoms with Gasteiger partial charge in [0.2, 0.25) is 0 Å². The van der Waals surface area contributed by atoms with Gasteiger partial charge in [-0.3, -0.25) is 0 Å². The lowest BCUT2D eigenvalue weighted by Gasteiger charge is -2.02. The summed E-state index contributed by atoms with van der Waals surface area (Å²) in [4.78, 5) is 11.8. The van der Waals surface area contributed by atoms with Crippen LogP contribution in [-0.4, -0.2) is 0 Å². The van der Waals surface area contributed by atoms with Crippen molar-refractivity contribution in [1.29, 1.82) is 0 Å². The van der Waals surface area contributed by atoms with Gasteiger partial charge in [-0.15, -0.1) is 45.3 Å². The molecular weight excluding hydrogens is 549 g/mol. The minimum Gasteiger partial charge on any atom is -0.145 e. The van der Waals surface area contributed by atoms with Gasteiger partial charge in [0, 0.05) is 45.4 Å². The van der Waals surface area contributed by atoms with Crippen LogP contribution in [0.1, 0.15) is 123 Å². The highest BCUT2D eigenvalue weighted by molar-refractivity contribution is 7.26. The highest BCUT2D eigenvalue weighted by atomic mass is 32.1. The molecule has 4 aromatic rings. The molecule has 0 bridgehead atoms. The van der Waals surface area contributed by atoms with E-state index in [0.717, 1.165) is 6.42 Å². The van der Waals surface area contributed by atoms with Crippen LogP contribution in [0.3, 0.4) is 0 Å². The van der Waals surface area contributed by atoms with Crippen LogP contribution in [0.15, 0.2) is 48.5 Å². The van der Waals surface area contributed by atoms with Crippen molar-refractivity contribution in [3.63, 3.8) is 0 Å². The van der Waals surface area contributed by atoms with Crippen molar-refractivity contribution in [2.45, 2.75) is 123 Å². The first kappa shape index (κ1) is 30.8. The van der Waals surface area contributed by atoms with E-state index >= 15 is 0 Å². The highest BCUT2D eigenvalue weighted by Gasteiger charge is 2.11. The van der Waals surface area contributed by atoms with Crippen LogP contribution in [0.2, 0.25) is 0 Å². The molecule has 0 atom stereocenters. The molecule has 0 nitrogen and oxygen atoms in total. The smallest absolute Gasteiger partial charge is 0.0449 e. The summed E-state index contributed by atoms with van der Waals surface area (Å²) >= 11 is 7.95. The molecule has 0 aromatic carbocycles. The number of aryl methyl sites for hydroxylation is 2. The van der Waals surface area contributed by atoms with Gasteiger partial charge in [0.15, 0.2) is 0 Å². The molecule has 4 rings (SSSR count). The Morgan fingerprint density at radius 1 is 0.359 bits per heavy atom. The maximum Gasteiger partial charge on any atom is 0.0449 e. The molecule has 4 heteroatoms. The Labute approximate surface area is 254 Å². The fourth-order valence-electron chi connectivity index (χ4n) is 5.19. The number of hydrogen-bond donors (Lipinski definition) is 0. The Morgan fingerprint density at radius 2 is 0.718 bits per heavy atom. The third-order valence-corrected chi connectivity index (χ3v) is 12.4. The second kappa shape index (κ2) is 17.6. The van der Waals surface area contributed by atoms with E-state index in [0.29, 0.717) is 0 Å². The zero-order valence-corrected chi connectivity index (χ0v) is 27.5. The summed E-state index contributed by atoms with van der Waals surface area (Å²) in [6.45, 7) is 4.58. The summed E-state index contributed by atoms with van der Waals surface area (Å²) in [7, 11) is 0. The largest absolute Gasteiger partial charge is 0.145 e. The van der Waals surface area contributed by atoms with Crippen LogP contribution in [0.5, 0.6) is 0 Å². The molecule has 0 saturated carbocycles. The second-order valence-corrected chi connectivity index (χ2v) is 15.7. The molecule has 4 aromatic heterocycles. The molecule has 0 spiro atoms. The summed E-state index contributed by atoms with van der Waals surface area (Å²) in [6.07, 6.45) is 23.1. The lowest BCUT2D eigenvalue weighted by molar-refractivity contribution is 0.557. The molecule has 0 N–H and O–H groups in total. The summed E-state index contributed by atoms with van der Waals surface area (Å²) in [5, 5.41) is 0. The molecule has 0 aliphatic carbocycles. The normalized spacial score (nSPS) is 11.5. The Kier molecular flexibility index (Phi) is 13.9. The van der Waals surface area contributed by atoms with Crippen molar-refractivity contribution in [3.8, 4) is 19.5 Å². The van der Waals surface area contributed by atoms with Crippen LogP contribution in [0, 0.1) is 0 Å². The Balaban J connectivity index is 1.18. The number of thiophene rings is 4. The molecule has 39 heavy (non-hydrogen) atoms. The SMILES string of the molecule is CCCCCCCCCCCCc1ccc(Cc2ccc(-c3ccc(-c4ccc(CCCCCC)s4)s3)s2)s1. The predicted octanol–water partition coefficient (Wildman–Crippen LogP) is 13.4. The molecule has 0 aliphatic rings. The zero-order chi connectivity index (χ0) is 27.1. The van der Waals surface area contributed by atoms with Gasteiger partial charge in [0.25, 0.3) is 0 Å². The first-order valence-electron chi connectivity index (χ1n) is 15.6. The maximum atomic E-state index is 2.38. The molecule has 0 saturated heterocycles. The van der Waals surface area contributed by atoms with Crippen LogP contribution in [0.25, 0.3) is 19.5 Å². The number of unbranched alkanes of at least 4 members (excludes halogenated alkanes) is 12. The number of hydrogen-bond acceptors (Lipinski definition) is 4. The van der Waals surface area contributed by atoms with Crippen molar-refractivity contribution >= 4 is 45.3 Å². The zero-order valence-electron chi connectivity index (χ0n) is 24.3. The summed E-state index contributed by atoms with van der Waals surface area (Å²) in [5.74, 6) is 0. The van der Waals surface area contributed by atoms with E-state index in [-0.39, 0.29) is 0 Å². The van der Waals surface area contributed by atoms with Gasteiger partial charge in [-0.1, -0.05) is 90.9 Å². The standard InChI is InChI=1S/C35H48S4/c1-3-5-7-9-10-11-12-13-14-16-17-28-19-20-30(36-28)27-31-22-24-33(38-31)35-26-25-34(39-35)32-23-21-29(37-32)18-15-8-6-4-2/h19-26H,3-18,27H2,1-2H3. The van der Waals surface area contributed by atoms with E-state index in [1.54, 1.807) is 4.88 Å². The molecule has 0 radical (unpaired) electrons. The van der Waals surface area contributed by atoms with Crippen molar-refractivity contribution in [2.75, 3.05) is 0 Å². The minimum absolute atomic E-state index is 1.08. The summed E-state index contributed by atoms with van der Waals surface area (Å²) in [5.41, 5.74) is 0. The second-order valence-electron chi connectivity index (χ2n) is 11.0. The van der Waals surface area contributed by atoms with Crippen molar-refractivity contribution < 1.29 is 0 Å². The van der Waals surface area contributed by atoms with E-state index in [1.807, 2.05) is 45.3 Å². The number of rotatable bonds is 20. The lowest BCUT2D eigenvalue weighted by Crippen LogP contribution is -1.84. The first-order chi connectivity index (χ1) is 19.2. The van der Waals surface area contributed by atoms with Crippen LogP contribution in [0.4, 0.5) is 0 Å². The van der Waals surface area contributed by atoms with E-state index in [9.17, 15) is 0 Å². The first-order valence-corrected chi connectivity index (χ1v) is 18.9. The van der Waals surface area contributed by atoms with Gasteiger partial charge in [-0.2, -0.15) is 0 Å². The molecule has 212 valence electrons. The van der Waals surface area contributed by atoms with E-state index in [1.165, 1.54) is 137 Å². The van der Waals surface area contributed by atoms with Crippen LogP contribution in [-0.2, 0) is 19.3 Å². The molecule has 0 fully saturated rings. The summed E-state index contributed by atoms with van der Waals surface area (Å²) in [6, 6.07) is 18.8. The monoisotopic (exact) mass is 596 g/mol. The van der Waals surface area contributed by atoms with Gasteiger partial charge in [0.1, 0.15) is 0 Å². The van der Waals surface area contributed by atoms with E-state index in [4.69, 9.17) is 0 Å². The quantitative estimate of drug-likeness (QED) is 0.0890. The predicted molar refractivity (Wildman–Crippen MR) is 181 cm³/mol.